The van der Waals surface area contributed by atoms with Crippen LogP contribution < -0.4 is 5.32 Å². The molecule has 20 heavy (non-hydrogen) atoms. The number of methoxy groups -OCH3 is 1. The summed E-state index contributed by atoms with van der Waals surface area (Å²) in [7, 11) is 1.50. The fourth-order valence-electron chi connectivity index (χ4n) is 1.64. The first kappa shape index (κ1) is 14.6. The number of carbonyl (C=O) groups excluding carboxylic acids is 1. The molecule has 1 heterocycles. The maximum Gasteiger partial charge on any atom is 0.244 e. The molecule has 106 valence electrons. The zero-order valence-electron chi connectivity index (χ0n) is 11.1. The molecule has 1 amide bonds. The fraction of sp³-hybridized carbons (Fsp3) is 0.286. The molecule has 1 atom stereocenters. The Bertz CT molecular complexity index is 576. The predicted octanol–water partition coefficient (Wildman–Crippen LogP) is 1.43. The quantitative estimate of drug-likeness (QED) is 0.790. The third-order valence-corrected chi connectivity index (χ3v) is 3.56. The van der Waals surface area contributed by atoms with Crippen LogP contribution in [0.2, 0.25) is 0 Å². The molecule has 1 unspecified atom stereocenters. The van der Waals surface area contributed by atoms with E-state index in [0.717, 1.165) is 15.2 Å². The molecule has 0 spiro atoms. The van der Waals surface area contributed by atoms with Crippen molar-refractivity contribution in [1.82, 2.24) is 10.3 Å². The Hall–Kier alpha value is -1.76. The number of hydrogen-bond acceptors (Lipinski definition) is 5. The van der Waals surface area contributed by atoms with Crippen molar-refractivity contribution in [3.05, 3.63) is 35.3 Å². The van der Waals surface area contributed by atoms with Crippen LogP contribution in [0, 0.1) is 0 Å². The van der Waals surface area contributed by atoms with Crippen LogP contribution in [-0.4, -0.2) is 42.4 Å². The SMILES string of the molecule is COCC(O)CNC(=O)/C=C/c1nc2ccccc2s1. The van der Waals surface area contributed by atoms with Crippen molar-refractivity contribution in [3.63, 3.8) is 0 Å². The number of amides is 1. The minimum absolute atomic E-state index is 0.164. The summed E-state index contributed by atoms with van der Waals surface area (Å²) in [6, 6.07) is 7.81. The van der Waals surface area contributed by atoms with E-state index in [-0.39, 0.29) is 19.1 Å². The number of para-hydroxylation sites is 1. The van der Waals surface area contributed by atoms with Crippen molar-refractivity contribution in [2.75, 3.05) is 20.3 Å². The molecule has 2 N–H and O–H groups in total. The zero-order chi connectivity index (χ0) is 14.4. The van der Waals surface area contributed by atoms with E-state index >= 15 is 0 Å². The second-order valence-electron chi connectivity index (χ2n) is 4.21. The second-order valence-corrected chi connectivity index (χ2v) is 5.27. The number of nitrogens with one attached hydrogen (secondary N) is 1. The molecule has 0 fully saturated rings. The first-order valence-corrected chi connectivity index (χ1v) is 6.99. The Balaban J connectivity index is 1.90. The van der Waals surface area contributed by atoms with E-state index in [2.05, 4.69) is 10.3 Å². The van der Waals surface area contributed by atoms with Gasteiger partial charge in [-0.25, -0.2) is 4.98 Å². The molecule has 2 rings (SSSR count). The summed E-state index contributed by atoms with van der Waals surface area (Å²) < 4.78 is 5.86. The number of benzene rings is 1. The van der Waals surface area contributed by atoms with Gasteiger partial charge in [-0.2, -0.15) is 0 Å². The normalized spacial score (nSPS) is 12.9. The first-order valence-electron chi connectivity index (χ1n) is 6.17. The van der Waals surface area contributed by atoms with Gasteiger partial charge in [0, 0.05) is 19.7 Å². The van der Waals surface area contributed by atoms with E-state index in [9.17, 15) is 9.90 Å². The summed E-state index contributed by atoms with van der Waals surface area (Å²) in [5, 5.41) is 12.8. The number of ether oxygens (including phenoxy) is 1. The molecule has 2 aromatic rings. The van der Waals surface area contributed by atoms with Crippen LogP contribution in [-0.2, 0) is 9.53 Å². The number of rotatable bonds is 6. The van der Waals surface area contributed by atoms with Gasteiger partial charge >= 0.3 is 0 Å². The number of aliphatic hydroxyl groups is 1. The van der Waals surface area contributed by atoms with Crippen molar-refractivity contribution < 1.29 is 14.6 Å². The molecule has 1 aromatic carbocycles. The highest BCUT2D eigenvalue weighted by molar-refractivity contribution is 7.19. The molecule has 0 radical (unpaired) electrons. The smallest absolute Gasteiger partial charge is 0.244 e. The Labute approximate surface area is 120 Å². The lowest BCUT2D eigenvalue weighted by Crippen LogP contribution is -2.33. The molecule has 0 saturated carbocycles. The van der Waals surface area contributed by atoms with E-state index < -0.39 is 6.10 Å². The number of hydrogen-bond donors (Lipinski definition) is 2. The van der Waals surface area contributed by atoms with Gasteiger partial charge in [0.1, 0.15) is 5.01 Å². The van der Waals surface area contributed by atoms with Gasteiger partial charge in [0.2, 0.25) is 5.91 Å². The largest absolute Gasteiger partial charge is 0.389 e. The number of fused-ring (bicyclic) bond motifs is 1. The molecule has 1 aromatic heterocycles. The van der Waals surface area contributed by atoms with Gasteiger partial charge in [-0.15, -0.1) is 11.3 Å². The first-order chi connectivity index (χ1) is 9.69. The summed E-state index contributed by atoms with van der Waals surface area (Å²) in [5.41, 5.74) is 0.924. The summed E-state index contributed by atoms with van der Waals surface area (Å²) in [6.45, 7) is 0.360. The molecule has 6 heteroatoms. The van der Waals surface area contributed by atoms with Gasteiger partial charge in [-0.05, 0) is 18.2 Å². The van der Waals surface area contributed by atoms with Crippen LogP contribution >= 0.6 is 11.3 Å². The van der Waals surface area contributed by atoms with E-state index in [1.165, 1.54) is 24.5 Å². The summed E-state index contributed by atoms with van der Waals surface area (Å²) in [4.78, 5) is 16.0. The highest BCUT2D eigenvalue weighted by Gasteiger charge is 2.05. The number of aromatic nitrogens is 1. The highest BCUT2D eigenvalue weighted by Crippen LogP contribution is 2.22. The highest BCUT2D eigenvalue weighted by atomic mass is 32.1. The Kier molecular flexibility index (Phi) is 5.23. The van der Waals surface area contributed by atoms with Crippen molar-refractivity contribution in [2.24, 2.45) is 0 Å². The van der Waals surface area contributed by atoms with Crippen molar-refractivity contribution in [3.8, 4) is 0 Å². The Morgan fingerprint density at radius 3 is 3.10 bits per heavy atom. The minimum atomic E-state index is -0.695. The van der Waals surface area contributed by atoms with Crippen LogP contribution in [0.1, 0.15) is 5.01 Å². The topological polar surface area (TPSA) is 71.5 Å². The fourth-order valence-corrected chi connectivity index (χ4v) is 2.51. The van der Waals surface area contributed by atoms with Crippen LogP contribution in [0.15, 0.2) is 30.3 Å². The molecule has 0 aliphatic carbocycles. The van der Waals surface area contributed by atoms with E-state index in [1.54, 1.807) is 6.08 Å². The number of nitrogens with zero attached hydrogens (tertiary/aromatic N) is 1. The molecule has 0 aliphatic rings. The zero-order valence-corrected chi connectivity index (χ0v) is 11.9. The molecular weight excluding hydrogens is 276 g/mol. The lowest BCUT2D eigenvalue weighted by molar-refractivity contribution is -0.117. The third-order valence-electron chi connectivity index (χ3n) is 2.56. The van der Waals surface area contributed by atoms with Gasteiger partial charge < -0.3 is 15.2 Å². The van der Waals surface area contributed by atoms with Gasteiger partial charge in [-0.3, -0.25) is 4.79 Å². The molecule has 0 saturated heterocycles. The van der Waals surface area contributed by atoms with Gasteiger partial charge in [-0.1, -0.05) is 12.1 Å². The number of aliphatic hydroxyl groups excluding tert-OH is 1. The van der Waals surface area contributed by atoms with Gasteiger partial charge in [0.05, 0.1) is 22.9 Å². The summed E-state index contributed by atoms with van der Waals surface area (Å²) in [5.74, 6) is -0.264. The van der Waals surface area contributed by atoms with E-state index in [1.807, 2.05) is 24.3 Å². The summed E-state index contributed by atoms with van der Waals surface area (Å²) >= 11 is 1.52. The van der Waals surface area contributed by atoms with Crippen LogP contribution in [0.3, 0.4) is 0 Å². The standard InChI is InChI=1S/C14H16N2O3S/c1-19-9-10(17)8-15-13(18)6-7-14-16-11-4-2-3-5-12(11)20-14/h2-7,10,17H,8-9H2,1H3,(H,15,18)/b7-6+. The lowest BCUT2D eigenvalue weighted by atomic mass is 10.3. The van der Waals surface area contributed by atoms with E-state index in [0.29, 0.717) is 0 Å². The maximum absolute atomic E-state index is 11.6. The van der Waals surface area contributed by atoms with Crippen molar-refractivity contribution in [2.45, 2.75) is 6.10 Å². The van der Waals surface area contributed by atoms with Crippen LogP contribution in [0.4, 0.5) is 0 Å². The average Bonchev–Trinajstić information content (AvgIpc) is 2.86. The minimum Gasteiger partial charge on any atom is -0.389 e. The van der Waals surface area contributed by atoms with E-state index in [4.69, 9.17) is 4.74 Å². The number of thiazole rings is 1. The van der Waals surface area contributed by atoms with Crippen LogP contribution in [0.25, 0.3) is 16.3 Å². The maximum atomic E-state index is 11.6. The Morgan fingerprint density at radius 2 is 2.35 bits per heavy atom. The van der Waals surface area contributed by atoms with Gasteiger partial charge in [0.25, 0.3) is 0 Å². The van der Waals surface area contributed by atoms with Crippen LogP contribution in [0.5, 0.6) is 0 Å². The lowest BCUT2D eigenvalue weighted by Gasteiger charge is -2.08. The monoisotopic (exact) mass is 292 g/mol. The predicted molar refractivity (Wildman–Crippen MR) is 79.5 cm³/mol. The number of carbonyl (C=O) groups is 1. The van der Waals surface area contributed by atoms with Crippen molar-refractivity contribution >= 4 is 33.5 Å². The van der Waals surface area contributed by atoms with Gasteiger partial charge in [0.15, 0.2) is 0 Å². The molecule has 5 nitrogen and oxygen atoms in total. The summed E-state index contributed by atoms with van der Waals surface area (Å²) in [6.07, 6.45) is 2.39. The molecular formula is C14H16N2O3S. The molecule has 0 bridgehead atoms. The van der Waals surface area contributed by atoms with Crippen molar-refractivity contribution in [1.29, 1.82) is 0 Å². The second kappa shape index (κ2) is 7.14. The molecule has 0 aliphatic heterocycles. The average molecular weight is 292 g/mol. The Morgan fingerprint density at radius 1 is 1.55 bits per heavy atom. The third kappa shape index (κ3) is 4.12.